The minimum atomic E-state index is -3.52. The minimum absolute atomic E-state index is 0.0814. The van der Waals surface area contributed by atoms with Crippen molar-refractivity contribution in [3.05, 3.63) is 29.9 Å². The van der Waals surface area contributed by atoms with Gasteiger partial charge in [-0.25, -0.2) is 23.1 Å². The summed E-state index contributed by atoms with van der Waals surface area (Å²) in [5, 5.41) is 3.05. The van der Waals surface area contributed by atoms with E-state index in [9.17, 15) is 8.42 Å². The molecule has 1 aliphatic heterocycles. The highest BCUT2D eigenvalue weighted by Crippen LogP contribution is 2.21. The first kappa shape index (κ1) is 20.0. The van der Waals surface area contributed by atoms with Gasteiger partial charge in [0.15, 0.2) is 5.13 Å². The Morgan fingerprint density at radius 1 is 1.19 bits per heavy atom. The Morgan fingerprint density at radius 2 is 1.96 bits per heavy atom. The molecular weight excluding hydrogens is 382 g/mol. The molecule has 2 aromatic heterocycles. The van der Waals surface area contributed by atoms with Crippen molar-refractivity contribution in [2.24, 2.45) is 0 Å². The van der Waals surface area contributed by atoms with Crippen LogP contribution in [-0.2, 0) is 10.0 Å². The van der Waals surface area contributed by atoms with Gasteiger partial charge in [0.25, 0.3) is 0 Å². The number of pyridine rings is 1. The van der Waals surface area contributed by atoms with Gasteiger partial charge in [-0.2, -0.15) is 0 Å². The Bertz CT molecular complexity index is 809. The standard InChI is InChI=1S/C18H27N5O2S2/c1-3-5-15(2)21-27(24,25)16-6-7-17(20-14-16)22-9-4-10-23(12-11-22)18-19-8-13-26-18/h6-8,13-15,21H,3-5,9-12H2,1-2H3. The maximum absolute atomic E-state index is 12.5. The molecule has 1 saturated heterocycles. The van der Waals surface area contributed by atoms with E-state index in [1.165, 1.54) is 6.20 Å². The summed E-state index contributed by atoms with van der Waals surface area (Å²) in [6.45, 7) is 7.50. The fourth-order valence-electron chi connectivity index (χ4n) is 3.25. The van der Waals surface area contributed by atoms with E-state index in [1.807, 2.05) is 25.4 Å². The smallest absolute Gasteiger partial charge is 0.242 e. The number of nitrogens with zero attached hydrogens (tertiary/aromatic N) is 4. The normalized spacial score (nSPS) is 17.0. The number of hydrogen-bond acceptors (Lipinski definition) is 7. The summed E-state index contributed by atoms with van der Waals surface area (Å²) >= 11 is 1.66. The van der Waals surface area contributed by atoms with Gasteiger partial charge in [0, 0.05) is 50.0 Å². The second kappa shape index (κ2) is 8.99. The van der Waals surface area contributed by atoms with Crippen molar-refractivity contribution in [1.82, 2.24) is 14.7 Å². The van der Waals surface area contributed by atoms with Crippen molar-refractivity contribution in [2.45, 2.75) is 44.0 Å². The molecular formula is C18H27N5O2S2. The fourth-order valence-corrected chi connectivity index (χ4v) is 5.17. The molecule has 1 aliphatic rings. The average molecular weight is 410 g/mol. The van der Waals surface area contributed by atoms with Crippen molar-refractivity contribution >= 4 is 32.3 Å². The number of rotatable bonds is 7. The molecule has 0 aliphatic carbocycles. The highest BCUT2D eigenvalue weighted by molar-refractivity contribution is 7.89. The Morgan fingerprint density at radius 3 is 2.63 bits per heavy atom. The van der Waals surface area contributed by atoms with Crippen LogP contribution in [0.15, 0.2) is 34.8 Å². The van der Waals surface area contributed by atoms with Gasteiger partial charge >= 0.3 is 0 Å². The number of hydrogen-bond donors (Lipinski definition) is 1. The van der Waals surface area contributed by atoms with Crippen molar-refractivity contribution in [1.29, 1.82) is 0 Å². The van der Waals surface area contributed by atoms with E-state index < -0.39 is 10.0 Å². The van der Waals surface area contributed by atoms with E-state index in [1.54, 1.807) is 23.5 Å². The zero-order valence-electron chi connectivity index (χ0n) is 15.8. The van der Waals surface area contributed by atoms with Gasteiger partial charge < -0.3 is 9.80 Å². The van der Waals surface area contributed by atoms with Crippen LogP contribution in [-0.4, -0.2) is 50.6 Å². The van der Waals surface area contributed by atoms with Crippen molar-refractivity contribution < 1.29 is 8.42 Å². The molecule has 27 heavy (non-hydrogen) atoms. The topological polar surface area (TPSA) is 78.4 Å². The lowest BCUT2D eigenvalue weighted by molar-refractivity contribution is 0.543. The third kappa shape index (κ3) is 5.18. The zero-order valence-corrected chi connectivity index (χ0v) is 17.5. The van der Waals surface area contributed by atoms with Gasteiger partial charge in [-0.15, -0.1) is 11.3 Å². The summed E-state index contributed by atoms with van der Waals surface area (Å²) in [5.74, 6) is 0.816. The molecule has 1 unspecified atom stereocenters. The number of nitrogens with one attached hydrogen (secondary N) is 1. The molecule has 9 heteroatoms. The summed E-state index contributed by atoms with van der Waals surface area (Å²) in [5.41, 5.74) is 0. The van der Waals surface area contributed by atoms with E-state index >= 15 is 0 Å². The zero-order chi connectivity index (χ0) is 19.3. The van der Waals surface area contributed by atoms with E-state index in [0.29, 0.717) is 0 Å². The lowest BCUT2D eigenvalue weighted by atomic mass is 10.2. The Labute approximate surface area is 165 Å². The molecule has 1 atom stereocenters. The van der Waals surface area contributed by atoms with Crippen LogP contribution in [0.2, 0.25) is 0 Å². The Balaban J connectivity index is 1.65. The van der Waals surface area contributed by atoms with E-state index in [-0.39, 0.29) is 10.9 Å². The lowest BCUT2D eigenvalue weighted by Gasteiger charge is -2.22. The SMILES string of the molecule is CCCC(C)NS(=O)(=O)c1ccc(N2CCCN(c3nccs3)CC2)nc1. The van der Waals surface area contributed by atoms with Gasteiger partial charge in [-0.05, 0) is 31.9 Å². The monoisotopic (exact) mass is 409 g/mol. The highest BCUT2D eigenvalue weighted by atomic mass is 32.2. The summed E-state index contributed by atoms with van der Waals surface area (Å²) in [7, 11) is -3.52. The second-order valence-corrected chi connectivity index (χ2v) is 9.39. The molecule has 0 spiro atoms. The fraction of sp³-hybridized carbons (Fsp3) is 0.556. The first-order valence-corrected chi connectivity index (χ1v) is 11.7. The first-order chi connectivity index (χ1) is 13.0. The molecule has 3 heterocycles. The average Bonchev–Trinajstić information content (AvgIpc) is 3.06. The van der Waals surface area contributed by atoms with Gasteiger partial charge in [-0.3, -0.25) is 0 Å². The second-order valence-electron chi connectivity index (χ2n) is 6.81. The van der Waals surface area contributed by atoms with Crippen LogP contribution in [0, 0.1) is 0 Å². The summed E-state index contributed by atoms with van der Waals surface area (Å²) in [4.78, 5) is 13.5. The largest absolute Gasteiger partial charge is 0.355 e. The predicted molar refractivity (Wildman–Crippen MR) is 110 cm³/mol. The number of aromatic nitrogens is 2. The molecule has 1 N–H and O–H groups in total. The Hall–Kier alpha value is -1.71. The number of thiazole rings is 1. The van der Waals surface area contributed by atoms with E-state index in [0.717, 1.165) is 56.4 Å². The molecule has 0 aromatic carbocycles. The van der Waals surface area contributed by atoms with Crippen LogP contribution in [0.25, 0.3) is 0 Å². The molecule has 3 rings (SSSR count). The van der Waals surface area contributed by atoms with Crippen LogP contribution in [0.4, 0.5) is 10.9 Å². The predicted octanol–water partition coefficient (Wildman–Crippen LogP) is 2.72. The highest BCUT2D eigenvalue weighted by Gasteiger charge is 2.20. The van der Waals surface area contributed by atoms with E-state index in [2.05, 4.69) is 24.5 Å². The summed E-state index contributed by atoms with van der Waals surface area (Å²) in [6.07, 6.45) is 6.05. The van der Waals surface area contributed by atoms with Crippen LogP contribution >= 0.6 is 11.3 Å². The van der Waals surface area contributed by atoms with Crippen LogP contribution in [0.1, 0.15) is 33.1 Å². The molecule has 0 bridgehead atoms. The molecule has 0 radical (unpaired) electrons. The molecule has 0 amide bonds. The van der Waals surface area contributed by atoms with Gasteiger partial charge in [0.2, 0.25) is 10.0 Å². The lowest BCUT2D eigenvalue weighted by Crippen LogP contribution is -2.33. The van der Waals surface area contributed by atoms with Crippen molar-refractivity contribution in [3.8, 4) is 0 Å². The molecule has 7 nitrogen and oxygen atoms in total. The molecule has 1 fully saturated rings. The van der Waals surface area contributed by atoms with E-state index in [4.69, 9.17) is 0 Å². The summed E-state index contributed by atoms with van der Waals surface area (Å²) in [6, 6.07) is 3.37. The third-order valence-electron chi connectivity index (χ3n) is 4.62. The maximum atomic E-state index is 12.5. The van der Waals surface area contributed by atoms with Gasteiger partial charge in [-0.1, -0.05) is 13.3 Å². The minimum Gasteiger partial charge on any atom is -0.355 e. The quantitative estimate of drug-likeness (QED) is 0.758. The van der Waals surface area contributed by atoms with Gasteiger partial charge in [0.1, 0.15) is 10.7 Å². The first-order valence-electron chi connectivity index (χ1n) is 9.37. The van der Waals surface area contributed by atoms with Crippen LogP contribution in [0.3, 0.4) is 0 Å². The molecule has 2 aromatic rings. The maximum Gasteiger partial charge on any atom is 0.242 e. The van der Waals surface area contributed by atoms with Crippen molar-refractivity contribution in [3.63, 3.8) is 0 Å². The third-order valence-corrected chi connectivity index (χ3v) is 7.03. The van der Waals surface area contributed by atoms with Crippen LogP contribution < -0.4 is 14.5 Å². The number of sulfonamides is 1. The summed E-state index contributed by atoms with van der Waals surface area (Å²) < 4.78 is 27.6. The molecule has 148 valence electrons. The Kier molecular flexibility index (Phi) is 6.67. The van der Waals surface area contributed by atoms with Crippen molar-refractivity contribution in [2.75, 3.05) is 36.0 Å². The molecule has 0 saturated carbocycles. The van der Waals surface area contributed by atoms with Gasteiger partial charge in [0.05, 0.1) is 0 Å². The van der Waals surface area contributed by atoms with Crippen LogP contribution in [0.5, 0.6) is 0 Å². The number of anilines is 2.